The first-order valence-electron chi connectivity index (χ1n) is 6.93. The largest absolute Gasteiger partial charge is 0.335 e. The molecule has 5 heteroatoms. The molecule has 1 amide bonds. The second kappa shape index (κ2) is 6.61. The molecule has 0 aliphatic carbocycles. The molecule has 0 radical (unpaired) electrons. The molecule has 1 aromatic rings. The maximum atomic E-state index is 13.0. The van der Waals surface area contributed by atoms with E-state index in [1.165, 1.54) is 18.3 Å². The lowest BCUT2D eigenvalue weighted by Crippen LogP contribution is -2.51. The van der Waals surface area contributed by atoms with E-state index in [1.807, 2.05) is 11.8 Å². The van der Waals surface area contributed by atoms with Crippen LogP contribution in [-0.2, 0) is 4.79 Å². The molecule has 2 atom stereocenters. The Balaban J connectivity index is 2.06. The molecule has 0 spiro atoms. The highest BCUT2D eigenvalue weighted by Crippen LogP contribution is 2.19. The highest BCUT2D eigenvalue weighted by atomic mass is 19.1. The molecule has 2 heterocycles. The first-order valence-corrected chi connectivity index (χ1v) is 6.93. The molecule has 108 valence electrons. The summed E-state index contributed by atoms with van der Waals surface area (Å²) < 4.78 is 13.0. The molecular formula is C15H20FN3O. The van der Waals surface area contributed by atoms with Crippen LogP contribution in [0.3, 0.4) is 0 Å². The van der Waals surface area contributed by atoms with Gasteiger partial charge in [0.15, 0.2) is 0 Å². The van der Waals surface area contributed by atoms with E-state index in [0.29, 0.717) is 5.56 Å². The Morgan fingerprint density at radius 2 is 2.35 bits per heavy atom. The zero-order valence-corrected chi connectivity index (χ0v) is 11.6. The van der Waals surface area contributed by atoms with Crippen molar-refractivity contribution in [2.24, 2.45) is 5.73 Å². The third kappa shape index (κ3) is 3.63. The van der Waals surface area contributed by atoms with Gasteiger partial charge in [0.25, 0.3) is 0 Å². The highest BCUT2D eigenvalue weighted by molar-refractivity contribution is 5.92. The van der Waals surface area contributed by atoms with Gasteiger partial charge in [0.1, 0.15) is 5.82 Å². The fourth-order valence-electron chi connectivity index (χ4n) is 2.56. The smallest absolute Gasteiger partial charge is 0.246 e. The minimum Gasteiger partial charge on any atom is -0.335 e. The minimum absolute atomic E-state index is 0.0384. The standard InChI is InChI=1S/C15H20FN3O/c1-11(17)14-4-2-3-7-19(14)15(20)6-5-12-8-13(16)10-18-9-12/h5-6,8-11,14H,2-4,7,17H2,1H3. The number of aromatic nitrogens is 1. The van der Waals surface area contributed by atoms with Gasteiger partial charge < -0.3 is 10.6 Å². The fourth-order valence-corrected chi connectivity index (χ4v) is 2.56. The Morgan fingerprint density at radius 3 is 3.05 bits per heavy atom. The number of hydrogen-bond donors (Lipinski definition) is 1. The molecule has 1 saturated heterocycles. The molecule has 2 N–H and O–H groups in total. The van der Waals surface area contributed by atoms with E-state index in [2.05, 4.69) is 4.98 Å². The topological polar surface area (TPSA) is 59.2 Å². The van der Waals surface area contributed by atoms with E-state index in [1.54, 1.807) is 6.08 Å². The predicted octanol–water partition coefficient (Wildman–Crippen LogP) is 1.96. The summed E-state index contributed by atoms with van der Waals surface area (Å²) >= 11 is 0. The van der Waals surface area contributed by atoms with Gasteiger partial charge in [0.2, 0.25) is 5.91 Å². The molecule has 4 nitrogen and oxygen atoms in total. The van der Waals surface area contributed by atoms with Gasteiger partial charge in [0.05, 0.1) is 6.20 Å². The van der Waals surface area contributed by atoms with Crippen molar-refractivity contribution in [1.82, 2.24) is 9.88 Å². The van der Waals surface area contributed by atoms with Crippen LogP contribution in [-0.4, -0.2) is 34.4 Å². The van der Waals surface area contributed by atoms with Crippen molar-refractivity contribution >= 4 is 12.0 Å². The van der Waals surface area contributed by atoms with Crippen LogP contribution in [0.4, 0.5) is 4.39 Å². The maximum absolute atomic E-state index is 13.0. The van der Waals surface area contributed by atoms with E-state index in [0.717, 1.165) is 32.0 Å². The molecule has 2 unspecified atom stereocenters. The number of nitrogens with two attached hydrogens (primary N) is 1. The van der Waals surface area contributed by atoms with Crippen molar-refractivity contribution in [3.8, 4) is 0 Å². The van der Waals surface area contributed by atoms with E-state index in [4.69, 9.17) is 5.73 Å². The summed E-state index contributed by atoms with van der Waals surface area (Å²) in [4.78, 5) is 17.8. The monoisotopic (exact) mass is 277 g/mol. The summed E-state index contributed by atoms with van der Waals surface area (Å²) in [7, 11) is 0. The van der Waals surface area contributed by atoms with E-state index in [9.17, 15) is 9.18 Å². The SMILES string of the molecule is CC(N)C1CCCCN1C(=O)C=Cc1cncc(F)c1. The molecule has 20 heavy (non-hydrogen) atoms. The van der Waals surface area contributed by atoms with Gasteiger partial charge in [-0.15, -0.1) is 0 Å². The summed E-state index contributed by atoms with van der Waals surface area (Å²) in [6, 6.07) is 1.39. The lowest BCUT2D eigenvalue weighted by Gasteiger charge is -2.37. The number of hydrogen-bond acceptors (Lipinski definition) is 3. The third-order valence-electron chi connectivity index (χ3n) is 3.58. The zero-order valence-electron chi connectivity index (χ0n) is 11.6. The number of carbonyl (C=O) groups excluding carboxylic acids is 1. The van der Waals surface area contributed by atoms with Gasteiger partial charge in [-0.05, 0) is 43.9 Å². The number of likely N-dealkylation sites (tertiary alicyclic amines) is 1. The number of piperidine rings is 1. The van der Waals surface area contributed by atoms with Gasteiger partial charge >= 0.3 is 0 Å². The molecule has 1 aliphatic rings. The van der Waals surface area contributed by atoms with Crippen molar-refractivity contribution in [2.75, 3.05) is 6.54 Å². The maximum Gasteiger partial charge on any atom is 0.246 e. The van der Waals surface area contributed by atoms with Crippen LogP contribution in [0.15, 0.2) is 24.5 Å². The van der Waals surface area contributed by atoms with E-state index in [-0.39, 0.29) is 18.0 Å². The molecule has 0 saturated carbocycles. The Kier molecular flexibility index (Phi) is 4.84. The Labute approximate surface area is 118 Å². The Bertz CT molecular complexity index is 502. The lowest BCUT2D eigenvalue weighted by molar-refractivity contribution is -0.129. The second-order valence-electron chi connectivity index (χ2n) is 5.22. The number of halogens is 1. The number of nitrogens with zero attached hydrogens (tertiary/aromatic N) is 2. The predicted molar refractivity (Wildman–Crippen MR) is 76.2 cm³/mol. The summed E-state index contributed by atoms with van der Waals surface area (Å²) in [5.41, 5.74) is 6.52. The average molecular weight is 277 g/mol. The molecule has 1 aliphatic heterocycles. The van der Waals surface area contributed by atoms with Gasteiger partial charge in [0, 0.05) is 30.9 Å². The van der Waals surface area contributed by atoms with Crippen LogP contribution in [0.2, 0.25) is 0 Å². The molecule has 1 fully saturated rings. The first-order chi connectivity index (χ1) is 9.58. The van der Waals surface area contributed by atoms with Crippen LogP contribution in [0, 0.1) is 5.82 Å². The lowest BCUT2D eigenvalue weighted by atomic mass is 9.97. The molecule has 2 rings (SSSR count). The zero-order chi connectivity index (χ0) is 14.5. The molecular weight excluding hydrogens is 257 g/mol. The highest BCUT2D eigenvalue weighted by Gasteiger charge is 2.27. The van der Waals surface area contributed by atoms with Gasteiger partial charge in [-0.3, -0.25) is 9.78 Å². The van der Waals surface area contributed by atoms with E-state index < -0.39 is 5.82 Å². The van der Waals surface area contributed by atoms with Crippen LogP contribution < -0.4 is 5.73 Å². The quantitative estimate of drug-likeness (QED) is 0.859. The van der Waals surface area contributed by atoms with E-state index >= 15 is 0 Å². The second-order valence-corrected chi connectivity index (χ2v) is 5.22. The van der Waals surface area contributed by atoms with Gasteiger partial charge in [-0.25, -0.2) is 4.39 Å². The van der Waals surface area contributed by atoms with Gasteiger partial charge in [-0.2, -0.15) is 0 Å². The average Bonchev–Trinajstić information content (AvgIpc) is 2.45. The number of pyridine rings is 1. The Morgan fingerprint density at radius 1 is 1.55 bits per heavy atom. The first kappa shape index (κ1) is 14.7. The van der Waals surface area contributed by atoms with Crippen molar-refractivity contribution in [2.45, 2.75) is 38.3 Å². The van der Waals surface area contributed by atoms with Crippen LogP contribution in [0.25, 0.3) is 6.08 Å². The summed E-state index contributed by atoms with van der Waals surface area (Å²) in [6.45, 7) is 2.66. The molecule has 0 bridgehead atoms. The number of amides is 1. The van der Waals surface area contributed by atoms with Crippen LogP contribution in [0.1, 0.15) is 31.7 Å². The van der Waals surface area contributed by atoms with Gasteiger partial charge in [-0.1, -0.05) is 0 Å². The summed E-state index contributed by atoms with van der Waals surface area (Å²) in [5.74, 6) is -0.484. The van der Waals surface area contributed by atoms with Crippen LogP contribution >= 0.6 is 0 Å². The summed E-state index contributed by atoms with van der Waals surface area (Å²) in [5, 5.41) is 0. The molecule has 1 aromatic heterocycles. The number of carbonyl (C=O) groups is 1. The molecule has 0 aromatic carbocycles. The van der Waals surface area contributed by atoms with Crippen LogP contribution in [0.5, 0.6) is 0 Å². The van der Waals surface area contributed by atoms with Crippen molar-refractivity contribution < 1.29 is 9.18 Å². The minimum atomic E-state index is -0.411. The van der Waals surface area contributed by atoms with Crippen molar-refractivity contribution in [3.05, 3.63) is 35.9 Å². The van der Waals surface area contributed by atoms with Crippen molar-refractivity contribution in [1.29, 1.82) is 0 Å². The fraction of sp³-hybridized carbons (Fsp3) is 0.467. The third-order valence-corrected chi connectivity index (χ3v) is 3.58. The number of rotatable bonds is 3. The van der Waals surface area contributed by atoms with Crippen molar-refractivity contribution in [3.63, 3.8) is 0 Å². The normalized spacial score (nSPS) is 21.1. The summed E-state index contributed by atoms with van der Waals surface area (Å²) in [6.07, 6.45) is 8.76. The Hall–Kier alpha value is -1.75.